The molecule has 0 saturated heterocycles. The first-order valence-corrected chi connectivity index (χ1v) is 8.07. The van der Waals surface area contributed by atoms with Crippen LogP contribution in [0.3, 0.4) is 0 Å². The maximum absolute atomic E-state index is 12.5. The molecule has 0 aliphatic heterocycles. The molecule has 0 bridgehead atoms. The molecule has 0 aliphatic rings. The molecule has 20 heavy (non-hydrogen) atoms. The minimum absolute atomic E-state index is 0.622. The zero-order valence-corrected chi connectivity index (χ0v) is 12.5. The van der Waals surface area contributed by atoms with Gasteiger partial charge in [-0.15, -0.1) is 11.3 Å². The number of hydrogen-bond donors (Lipinski definition) is 0. The number of unbranched alkanes of at least 4 members (excludes halogenated alkanes) is 1. The Labute approximate surface area is 124 Å². The van der Waals surface area contributed by atoms with Crippen LogP contribution in [0.25, 0.3) is 10.4 Å². The molecular formula is C14H14F3NS2. The quantitative estimate of drug-likeness (QED) is 0.516. The summed E-state index contributed by atoms with van der Waals surface area (Å²) in [7, 11) is 0. The molecule has 0 saturated carbocycles. The molecule has 6 heteroatoms. The number of nitrogens with zero attached hydrogens (tertiary/aromatic N) is 1. The normalized spacial score (nSPS) is 11.8. The third-order valence-corrected chi connectivity index (χ3v) is 4.99. The van der Waals surface area contributed by atoms with Gasteiger partial charge in [0.05, 0.1) is 10.4 Å². The highest BCUT2D eigenvalue weighted by Gasteiger charge is 2.30. The van der Waals surface area contributed by atoms with Crippen LogP contribution in [-0.2, 0) is 6.18 Å². The Morgan fingerprint density at radius 3 is 2.50 bits per heavy atom. The predicted molar refractivity (Wildman–Crippen MR) is 78.2 cm³/mol. The zero-order chi connectivity index (χ0) is 14.6. The third kappa shape index (κ3) is 3.99. The van der Waals surface area contributed by atoms with E-state index in [1.54, 1.807) is 18.0 Å². The van der Waals surface area contributed by atoms with Gasteiger partial charge in [0.2, 0.25) is 0 Å². The molecule has 1 aromatic carbocycles. The van der Waals surface area contributed by atoms with Gasteiger partial charge in [0.15, 0.2) is 0 Å². The number of alkyl halides is 3. The Morgan fingerprint density at radius 1 is 1.20 bits per heavy atom. The highest BCUT2D eigenvalue weighted by atomic mass is 32.2. The molecule has 0 atom stereocenters. The minimum atomic E-state index is -4.28. The summed E-state index contributed by atoms with van der Waals surface area (Å²) in [5.74, 6) is 1.02. The molecule has 1 heterocycles. The number of hydrogen-bond acceptors (Lipinski definition) is 3. The average Bonchev–Trinajstić information content (AvgIpc) is 2.87. The second-order valence-electron chi connectivity index (χ2n) is 4.27. The predicted octanol–water partition coefficient (Wildman–Crippen LogP) is 5.72. The van der Waals surface area contributed by atoms with Crippen molar-refractivity contribution in [3.63, 3.8) is 0 Å². The van der Waals surface area contributed by atoms with E-state index in [1.165, 1.54) is 23.5 Å². The molecular weight excluding hydrogens is 303 g/mol. The van der Waals surface area contributed by atoms with Gasteiger partial charge in [-0.1, -0.05) is 37.2 Å². The highest BCUT2D eigenvalue weighted by molar-refractivity contribution is 8.01. The van der Waals surface area contributed by atoms with E-state index in [2.05, 4.69) is 11.9 Å². The van der Waals surface area contributed by atoms with Gasteiger partial charge in [-0.25, -0.2) is 4.98 Å². The van der Waals surface area contributed by atoms with Crippen LogP contribution < -0.4 is 0 Å². The van der Waals surface area contributed by atoms with Crippen molar-refractivity contribution in [3.05, 3.63) is 36.0 Å². The van der Waals surface area contributed by atoms with Crippen molar-refractivity contribution in [2.24, 2.45) is 0 Å². The number of rotatable bonds is 5. The SMILES string of the molecule is CCCCSc1ncc(-c2ccc(C(F)(F)F)cc2)s1. The van der Waals surface area contributed by atoms with Crippen molar-refractivity contribution in [2.45, 2.75) is 30.3 Å². The summed E-state index contributed by atoms with van der Waals surface area (Å²) >= 11 is 3.22. The van der Waals surface area contributed by atoms with Gasteiger partial charge in [-0.05, 0) is 24.1 Å². The van der Waals surface area contributed by atoms with Crippen molar-refractivity contribution < 1.29 is 13.2 Å². The van der Waals surface area contributed by atoms with Crippen LogP contribution in [0.5, 0.6) is 0 Å². The van der Waals surface area contributed by atoms with Gasteiger partial charge in [0.25, 0.3) is 0 Å². The van der Waals surface area contributed by atoms with Gasteiger partial charge in [-0.2, -0.15) is 13.2 Å². The van der Waals surface area contributed by atoms with E-state index in [-0.39, 0.29) is 0 Å². The summed E-state index contributed by atoms with van der Waals surface area (Å²) in [5.41, 5.74) is 0.154. The van der Waals surface area contributed by atoms with E-state index in [9.17, 15) is 13.2 Å². The van der Waals surface area contributed by atoms with Crippen molar-refractivity contribution in [1.82, 2.24) is 4.98 Å². The number of thiazole rings is 1. The molecule has 0 spiro atoms. The number of halogens is 3. The fraction of sp³-hybridized carbons (Fsp3) is 0.357. The second kappa shape index (κ2) is 6.63. The Bertz CT molecular complexity index is 546. The fourth-order valence-corrected chi connectivity index (χ4v) is 3.73. The van der Waals surface area contributed by atoms with Crippen LogP contribution in [0.15, 0.2) is 34.8 Å². The van der Waals surface area contributed by atoms with Crippen LogP contribution in [0.4, 0.5) is 13.2 Å². The van der Waals surface area contributed by atoms with E-state index < -0.39 is 11.7 Å². The molecule has 1 aromatic heterocycles. The van der Waals surface area contributed by atoms with Crippen molar-refractivity contribution >= 4 is 23.1 Å². The van der Waals surface area contributed by atoms with Crippen molar-refractivity contribution in [2.75, 3.05) is 5.75 Å². The van der Waals surface area contributed by atoms with Gasteiger partial charge >= 0.3 is 6.18 Å². The van der Waals surface area contributed by atoms with E-state index in [0.29, 0.717) is 0 Å². The maximum atomic E-state index is 12.5. The lowest BCUT2D eigenvalue weighted by Crippen LogP contribution is -2.03. The van der Waals surface area contributed by atoms with Crippen molar-refractivity contribution in [3.8, 4) is 10.4 Å². The lowest BCUT2D eigenvalue weighted by atomic mass is 10.1. The summed E-state index contributed by atoms with van der Waals surface area (Å²) in [6.07, 6.45) is -0.279. The summed E-state index contributed by atoms with van der Waals surface area (Å²) in [5, 5.41) is 0. The largest absolute Gasteiger partial charge is 0.416 e. The Morgan fingerprint density at radius 2 is 1.90 bits per heavy atom. The van der Waals surface area contributed by atoms with Gasteiger partial charge in [0, 0.05) is 11.9 Å². The fourth-order valence-electron chi connectivity index (χ4n) is 1.59. The molecule has 0 N–H and O–H groups in total. The van der Waals surface area contributed by atoms with Crippen LogP contribution in [0.1, 0.15) is 25.3 Å². The van der Waals surface area contributed by atoms with E-state index in [1.807, 2.05) is 0 Å². The number of thioether (sulfide) groups is 1. The summed E-state index contributed by atoms with van der Waals surface area (Å²) < 4.78 is 38.4. The van der Waals surface area contributed by atoms with Crippen LogP contribution in [0, 0.1) is 0 Å². The topological polar surface area (TPSA) is 12.9 Å². The molecule has 0 aliphatic carbocycles. The molecule has 0 radical (unpaired) electrons. The minimum Gasteiger partial charge on any atom is -0.237 e. The average molecular weight is 317 g/mol. The molecule has 2 aromatic rings. The number of benzene rings is 1. The van der Waals surface area contributed by atoms with Gasteiger partial charge in [-0.3, -0.25) is 0 Å². The third-order valence-electron chi connectivity index (χ3n) is 2.70. The maximum Gasteiger partial charge on any atom is 0.416 e. The van der Waals surface area contributed by atoms with E-state index in [0.717, 1.165) is 45.5 Å². The first-order chi connectivity index (χ1) is 9.50. The Hall–Kier alpha value is -1.01. The molecule has 1 nitrogen and oxygen atoms in total. The summed E-state index contributed by atoms with van der Waals surface area (Å²) in [6, 6.07) is 5.21. The molecule has 0 amide bonds. The van der Waals surface area contributed by atoms with Crippen molar-refractivity contribution in [1.29, 1.82) is 0 Å². The van der Waals surface area contributed by atoms with Gasteiger partial charge < -0.3 is 0 Å². The zero-order valence-electron chi connectivity index (χ0n) is 10.9. The Balaban J connectivity index is 2.08. The lowest BCUT2D eigenvalue weighted by Gasteiger charge is -2.06. The first-order valence-electron chi connectivity index (χ1n) is 6.27. The standard InChI is InChI=1S/C14H14F3NS2/c1-2-3-8-19-13-18-9-12(20-13)10-4-6-11(7-5-10)14(15,16)17/h4-7,9H,2-3,8H2,1H3. The van der Waals surface area contributed by atoms with E-state index >= 15 is 0 Å². The Kier molecular flexibility index (Phi) is 5.10. The second-order valence-corrected chi connectivity index (χ2v) is 6.64. The van der Waals surface area contributed by atoms with Crippen LogP contribution in [0.2, 0.25) is 0 Å². The van der Waals surface area contributed by atoms with E-state index in [4.69, 9.17) is 0 Å². The number of aromatic nitrogens is 1. The smallest absolute Gasteiger partial charge is 0.237 e. The summed E-state index contributed by atoms with van der Waals surface area (Å²) in [6.45, 7) is 2.13. The molecule has 0 fully saturated rings. The highest BCUT2D eigenvalue weighted by Crippen LogP contribution is 2.34. The van der Waals surface area contributed by atoms with Crippen LogP contribution >= 0.6 is 23.1 Å². The molecule has 108 valence electrons. The summed E-state index contributed by atoms with van der Waals surface area (Å²) in [4.78, 5) is 5.20. The monoisotopic (exact) mass is 317 g/mol. The first kappa shape index (κ1) is 15.4. The molecule has 2 rings (SSSR count). The van der Waals surface area contributed by atoms with Gasteiger partial charge in [0.1, 0.15) is 4.34 Å². The van der Waals surface area contributed by atoms with Crippen LogP contribution in [-0.4, -0.2) is 10.7 Å². The molecule has 0 unspecified atom stereocenters. The lowest BCUT2D eigenvalue weighted by molar-refractivity contribution is -0.137.